The molecule has 0 atom stereocenters. The van der Waals surface area contributed by atoms with Crippen molar-refractivity contribution in [2.24, 2.45) is 4.99 Å². The van der Waals surface area contributed by atoms with Crippen LogP contribution in [0.2, 0.25) is 0 Å². The quantitative estimate of drug-likeness (QED) is 0.419. The number of carbonyl (C=O) groups excluding carboxylic acids is 1. The molecule has 0 aliphatic carbocycles. The molecule has 6 nitrogen and oxygen atoms in total. The van der Waals surface area contributed by atoms with E-state index in [1.807, 2.05) is 11.0 Å². The number of nitrogens with one attached hydrogen (secondary N) is 1. The first-order valence-electron chi connectivity index (χ1n) is 9.78. The van der Waals surface area contributed by atoms with Crippen LogP contribution in [0.3, 0.4) is 0 Å². The molecule has 1 aliphatic heterocycles. The zero-order valence-electron chi connectivity index (χ0n) is 16.2. The molecule has 28 heavy (non-hydrogen) atoms. The van der Waals surface area contributed by atoms with Gasteiger partial charge in [0.05, 0.1) is 6.26 Å². The summed E-state index contributed by atoms with van der Waals surface area (Å²) in [6, 6.07) is 11.9. The summed E-state index contributed by atoms with van der Waals surface area (Å²) in [7, 11) is 0. The number of amides is 1. The van der Waals surface area contributed by atoms with Crippen molar-refractivity contribution in [1.82, 2.24) is 15.1 Å². The summed E-state index contributed by atoms with van der Waals surface area (Å²) >= 11 is 3.52. The van der Waals surface area contributed by atoms with Crippen LogP contribution in [-0.2, 0) is 6.42 Å². The molecular weight excluding hydrogens is 420 g/mol. The minimum atomic E-state index is -0.0411. The van der Waals surface area contributed by atoms with E-state index in [2.05, 4.69) is 51.3 Å². The summed E-state index contributed by atoms with van der Waals surface area (Å²) in [5, 5.41) is 3.38. The average Bonchev–Trinajstić information content (AvgIpc) is 3.25. The van der Waals surface area contributed by atoms with E-state index in [4.69, 9.17) is 9.41 Å². The van der Waals surface area contributed by atoms with Crippen LogP contribution in [0.15, 0.2) is 56.5 Å². The van der Waals surface area contributed by atoms with Gasteiger partial charge in [-0.3, -0.25) is 9.79 Å². The zero-order chi connectivity index (χ0) is 19.8. The number of carbonyl (C=O) groups is 1. The number of piperazine rings is 1. The molecule has 7 heteroatoms. The van der Waals surface area contributed by atoms with Gasteiger partial charge in [0.1, 0.15) is 0 Å². The van der Waals surface area contributed by atoms with E-state index in [0.717, 1.165) is 49.5 Å². The molecular formula is C21H27BrN4O2. The van der Waals surface area contributed by atoms with E-state index in [0.29, 0.717) is 18.8 Å². The van der Waals surface area contributed by atoms with E-state index in [1.54, 1.807) is 12.1 Å². The van der Waals surface area contributed by atoms with Gasteiger partial charge in [-0.15, -0.1) is 0 Å². The van der Waals surface area contributed by atoms with Gasteiger partial charge >= 0.3 is 0 Å². The maximum Gasteiger partial charge on any atom is 0.289 e. The Bertz CT molecular complexity index is 783. The Labute approximate surface area is 174 Å². The number of benzene rings is 1. The summed E-state index contributed by atoms with van der Waals surface area (Å²) in [4.78, 5) is 21.3. The molecule has 0 saturated carbocycles. The number of aryl methyl sites for hydroxylation is 1. The highest BCUT2D eigenvalue weighted by Gasteiger charge is 2.25. The SMILES string of the molecule is CCNC(=NCCCc1cccc(Br)c1)N1CCN(C(=O)c2ccco2)CC1. The van der Waals surface area contributed by atoms with Crippen LogP contribution >= 0.6 is 15.9 Å². The highest BCUT2D eigenvalue weighted by atomic mass is 79.9. The van der Waals surface area contributed by atoms with Gasteiger partial charge in [0.25, 0.3) is 5.91 Å². The van der Waals surface area contributed by atoms with Crippen molar-refractivity contribution in [3.63, 3.8) is 0 Å². The van der Waals surface area contributed by atoms with Gasteiger partial charge in [-0.1, -0.05) is 28.1 Å². The summed E-state index contributed by atoms with van der Waals surface area (Å²) in [5.41, 5.74) is 1.32. The Kier molecular flexibility index (Phi) is 7.54. The van der Waals surface area contributed by atoms with Crippen LogP contribution in [0.4, 0.5) is 0 Å². The number of furan rings is 1. The minimum Gasteiger partial charge on any atom is -0.459 e. The molecule has 1 aliphatic rings. The predicted octanol–water partition coefficient (Wildman–Crippen LogP) is 3.40. The van der Waals surface area contributed by atoms with Gasteiger partial charge in [-0.05, 0) is 49.6 Å². The average molecular weight is 447 g/mol. The highest BCUT2D eigenvalue weighted by molar-refractivity contribution is 9.10. The molecule has 1 aromatic heterocycles. The Morgan fingerprint density at radius 2 is 1.96 bits per heavy atom. The lowest BCUT2D eigenvalue weighted by Gasteiger charge is -2.36. The lowest BCUT2D eigenvalue weighted by Crippen LogP contribution is -2.53. The fourth-order valence-electron chi connectivity index (χ4n) is 3.26. The highest BCUT2D eigenvalue weighted by Crippen LogP contribution is 2.13. The van der Waals surface area contributed by atoms with Gasteiger partial charge in [0.15, 0.2) is 11.7 Å². The van der Waals surface area contributed by atoms with Crippen LogP contribution in [0.1, 0.15) is 29.5 Å². The normalized spacial score (nSPS) is 15.0. The molecule has 1 amide bonds. The molecule has 3 rings (SSSR count). The van der Waals surface area contributed by atoms with Gasteiger partial charge in [-0.2, -0.15) is 0 Å². The van der Waals surface area contributed by atoms with Crippen molar-refractivity contribution < 1.29 is 9.21 Å². The smallest absolute Gasteiger partial charge is 0.289 e. The lowest BCUT2D eigenvalue weighted by molar-refractivity contribution is 0.0657. The van der Waals surface area contributed by atoms with Crippen molar-refractivity contribution in [3.05, 3.63) is 58.5 Å². The number of guanidine groups is 1. The van der Waals surface area contributed by atoms with Crippen LogP contribution in [0, 0.1) is 0 Å². The number of aliphatic imine (C=N–C) groups is 1. The minimum absolute atomic E-state index is 0.0411. The summed E-state index contributed by atoms with van der Waals surface area (Å²) in [5.74, 6) is 1.30. The summed E-state index contributed by atoms with van der Waals surface area (Å²) in [6.45, 7) is 6.56. The third-order valence-corrected chi connectivity index (χ3v) is 5.20. The van der Waals surface area contributed by atoms with Gasteiger partial charge in [0, 0.05) is 43.7 Å². The Morgan fingerprint density at radius 1 is 1.18 bits per heavy atom. The number of hydrogen-bond donors (Lipinski definition) is 1. The van der Waals surface area contributed by atoms with Crippen molar-refractivity contribution in [3.8, 4) is 0 Å². The fourth-order valence-corrected chi connectivity index (χ4v) is 3.71. The largest absolute Gasteiger partial charge is 0.459 e. The fraction of sp³-hybridized carbons (Fsp3) is 0.429. The lowest BCUT2D eigenvalue weighted by atomic mass is 10.1. The number of rotatable bonds is 6. The summed E-state index contributed by atoms with van der Waals surface area (Å²) in [6.07, 6.45) is 3.55. The first kappa shape index (κ1) is 20.5. The first-order valence-corrected chi connectivity index (χ1v) is 10.6. The van der Waals surface area contributed by atoms with E-state index in [1.165, 1.54) is 11.8 Å². The number of nitrogens with zero attached hydrogens (tertiary/aromatic N) is 3. The second-order valence-corrected chi connectivity index (χ2v) is 7.64. The van der Waals surface area contributed by atoms with Gasteiger partial charge < -0.3 is 19.5 Å². The molecule has 150 valence electrons. The van der Waals surface area contributed by atoms with E-state index in [-0.39, 0.29) is 5.91 Å². The molecule has 1 fully saturated rings. The molecule has 0 bridgehead atoms. The maximum absolute atomic E-state index is 12.4. The van der Waals surface area contributed by atoms with Crippen molar-refractivity contribution in [2.75, 3.05) is 39.3 Å². The molecule has 2 heterocycles. The Balaban J connectivity index is 1.49. The second kappa shape index (κ2) is 10.3. The van der Waals surface area contributed by atoms with Crippen LogP contribution < -0.4 is 5.32 Å². The molecule has 1 saturated heterocycles. The van der Waals surface area contributed by atoms with E-state index >= 15 is 0 Å². The zero-order valence-corrected chi connectivity index (χ0v) is 17.8. The Morgan fingerprint density at radius 3 is 2.64 bits per heavy atom. The van der Waals surface area contributed by atoms with Gasteiger partial charge in [0.2, 0.25) is 0 Å². The third-order valence-electron chi connectivity index (χ3n) is 4.71. The van der Waals surface area contributed by atoms with Crippen LogP contribution in [-0.4, -0.2) is 60.9 Å². The van der Waals surface area contributed by atoms with E-state index in [9.17, 15) is 4.79 Å². The predicted molar refractivity (Wildman–Crippen MR) is 115 cm³/mol. The van der Waals surface area contributed by atoms with Crippen molar-refractivity contribution in [1.29, 1.82) is 0 Å². The first-order chi connectivity index (χ1) is 13.7. The number of hydrogen-bond acceptors (Lipinski definition) is 3. The van der Waals surface area contributed by atoms with Gasteiger partial charge in [-0.25, -0.2) is 0 Å². The standard InChI is InChI=1S/C21H27BrN4O2/c1-2-23-21(24-10-4-7-17-6-3-8-18(22)16-17)26-13-11-25(12-14-26)20(27)19-9-5-15-28-19/h3,5-6,8-9,15-16H,2,4,7,10-14H2,1H3,(H,23,24). The molecule has 1 N–H and O–H groups in total. The Hall–Kier alpha value is -2.28. The molecule has 2 aromatic rings. The third kappa shape index (κ3) is 5.61. The molecule has 0 radical (unpaired) electrons. The molecule has 0 unspecified atom stereocenters. The van der Waals surface area contributed by atoms with Crippen molar-refractivity contribution >= 4 is 27.8 Å². The maximum atomic E-state index is 12.4. The van der Waals surface area contributed by atoms with Crippen LogP contribution in [0.25, 0.3) is 0 Å². The number of halogens is 1. The second-order valence-electron chi connectivity index (χ2n) is 6.73. The van der Waals surface area contributed by atoms with Crippen molar-refractivity contribution in [2.45, 2.75) is 19.8 Å². The molecule has 1 aromatic carbocycles. The summed E-state index contributed by atoms with van der Waals surface area (Å²) < 4.78 is 6.34. The van der Waals surface area contributed by atoms with E-state index < -0.39 is 0 Å². The monoisotopic (exact) mass is 446 g/mol. The molecule has 0 spiro atoms. The topological polar surface area (TPSA) is 61.1 Å². The van der Waals surface area contributed by atoms with Crippen LogP contribution in [0.5, 0.6) is 0 Å².